The number of ether oxygens (including phenoxy) is 2. The summed E-state index contributed by atoms with van der Waals surface area (Å²) in [6.07, 6.45) is -0.591. The van der Waals surface area contributed by atoms with E-state index in [1.54, 1.807) is 35.8 Å². The van der Waals surface area contributed by atoms with Gasteiger partial charge in [-0.25, -0.2) is 4.79 Å². The van der Waals surface area contributed by atoms with Crippen molar-refractivity contribution in [1.82, 2.24) is 9.80 Å². The van der Waals surface area contributed by atoms with Crippen LogP contribution in [0.2, 0.25) is 0 Å². The third-order valence-corrected chi connectivity index (χ3v) is 8.28. The first-order chi connectivity index (χ1) is 19.2. The molecule has 0 aliphatic carbocycles. The Kier molecular flexibility index (Phi) is 8.73. The highest BCUT2D eigenvalue weighted by atomic mass is 32.2. The number of thioether (sulfide) groups is 1. The molecule has 0 radical (unpaired) electrons. The Hall–Kier alpha value is -3.01. The summed E-state index contributed by atoms with van der Waals surface area (Å²) in [6, 6.07) is 21.3. The van der Waals surface area contributed by atoms with Gasteiger partial charge in [0.25, 0.3) is 0 Å². The fourth-order valence-corrected chi connectivity index (χ4v) is 6.00. The number of alkyl halides is 3. The topological polar surface area (TPSA) is 42.0 Å². The number of hydrogen-bond donors (Lipinski definition) is 0. The molecule has 0 saturated carbocycles. The van der Waals surface area contributed by atoms with Gasteiger partial charge in [0.2, 0.25) is 0 Å². The Balaban J connectivity index is 1.51. The van der Waals surface area contributed by atoms with E-state index in [9.17, 15) is 18.0 Å². The summed E-state index contributed by atoms with van der Waals surface area (Å²) in [4.78, 5) is 17.1. The molecule has 0 spiro atoms. The van der Waals surface area contributed by atoms with Crippen molar-refractivity contribution in [1.29, 1.82) is 0 Å². The molecule has 5 rings (SSSR count). The molecule has 2 heterocycles. The van der Waals surface area contributed by atoms with Gasteiger partial charge in [-0.1, -0.05) is 42.8 Å². The second-order valence-electron chi connectivity index (χ2n) is 10.4. The van der Waals surface area contributed by atoms with Crippen molar-refractivity contribution in [3.63, 3.8) is 0 Å². The molecule has 2 unspecified atom stereocenters. The molecule has 2 atom stereocenters. The minimum atomic E-state index is -5.09. The fourth-order valence-electron chi connectivity index (χ4n) is 5.59. The van der Waals surface area contributed by atoms with Crippen LogP contribution in [0.3, 0.4) is 0 Å². The van der Waals surface area contributed by atoms with Gasteiger partial charge >= 0.3 is 12.1 Å². The molecule has 9 heteroatoms. The van der Waals surface area contributed by atoms with Crippen molar-refractivity contribution in [2.45, 2.75) is 49.0 Å². The molecule has 40 heavy (non-hydrogen) atoms. The highest BCUT2D eigenvalue weighted by Gasteiger charge is 2.45. The summed E-state index contributed by atoms with van der Waals surface area (Å²) in [7, 11) is 1.66. The first-order valence-electron chi connectivity index (χ1n) is 13.5. The minimum Gasteiger partial charge on any atom is -0.457 e. The Morgan fingerprint density at radius 3 is 2.42 bits per heavy atom. The third-order valence-electron chi connectivity index (χ3n) is 7.53. The maximum atomic E-state index is 13.2. The summed E-state index contributed by atoms with van der Waals surface area (Å²) < 4.78 is 51.0. The van der Waals surface area contributed by atoms with E-state index in [-0.39, 0.29) is 5.92 Å². The summed E-state index contributed by atoms with van der Waals surface area (Å²) in [6.45, 7) is 3.35. The van der Waals surface area contributed by atoms with Crippen molar-refractivity contribution in [3.05, 3.63) is 89.0 Å². The van der Waals surface area contributed by atoms with Crippen LogP contribution in [0.15, 0.2) is 71.6 Å². The highest BCUT2D eigenvalue weighted by Crippen LogP contribution is 2.45. The van der Waals surface area contributed by atoms with E-state index >= 15 is 0 Å². The summed E-state index contributed by atoms with van der Waals surface area (Å²) in [5.74, 6) is -1.23. The Morgan fingerprint density at radius 2 is 1.73 bits per heavy atom. The molecule has 1 saturated heterocycles. The monoisotopic (exact) mass is 570 g/mol. The largest absolute Gasteiger partial charge is 0.490 e. The van der Waals surface area contributed by atoms with Gasteiger partial charge in [0.1, 0.15) is 11.5 Å². The molecule has 0 N–H and O–H groups in total. The van der Waals surface area contributed by atoms with E-state index in [0.29, 0.717) is 23.6 Å². The van der Waals surface area contributed by atoms with E-state index in [1.807, 2.05) is 54.8 Å². The number of rotatable bonds is 7. The summed E-state index contributed by atoms with van der Waals surface area (Å²) in [5, 5.41) is 0. The number of hydrogen-bond acceptors (Lipinski definition) is 6. The van der Waals surface area contributed by atoms with Crippen LogP contribution in [0.25, 0.3) is 0 Å². The number of piperidine rings is 1. The van der Waals surface area contributed by atoms with Gasteiger partial charge in [0.05, 0.1) is 0 Å². The van der Waals surface area contributed by atoms with E-state index in [0.717, 1.165) is 41.2 Å². The number of likely N-dealkylation sites (N-methyl/N-ethyl adjacent to an activating group) is 1. The lowest BCUT2D eigenvalue weighted by atomic mass is 9.83. The molecule has 0 bridgehead atoms. The molecule has 0 aromatic heterocycles. The van der Waals surface area contributed by atoms with Crippen LogP contribution in [0.4, 0.5) is 13.2 Å². The molecule has 5 nitrogen and oxygen atoms in total. The van der Waals surface area contributed by atoms with Crippen molar-refractivity contribution < 1.29 is 27.4 Å². The lowest BCUT2D eigenvalue weighted by Gasteiger charge is -2.39. The molecule has 3 aromatic rings. The van der Waals surface area contributed by atoms with Crippen LogP contribution >= 0.6 is 11.8 Å². The second-order valence-corrected chi connectivity index (χ2v) is 11.2. The number of fused-ring (bicyclic) bond motifs is 1. The van der Waals surface area contributed by atoms with Crippen LogP contribution in [0, 0.1) is 0 Å². The van der Waals surface area contributed by atoms with Crippen LogP contribution in [-0.4, -0.2) is 54.9 Å². The van der Waals surface area contributed by atoms with Gasteiger partial charge in [-0.2, -0.15) is 13.2 Å². The number of carbonyl (C=O) groups excluding carboxylic acids is 1. The number of likely N-dealkylation sites (tertiary alicyclic amines) is 1. The van der Waals surface area contributed by atoms with Gasteiger partial charge in [-0.3, -0.25) is 9.80 Å². The average Bonchev–Trinajstić information content (AvgIpc) is 2.94. The Morgan fingerprint density at radius 1 is 1.00 bits per heavy atom. The van der Waals surface area contributed by atoms with Crippen LogP contribution in [0.5, 0.6) is 11.5 Å². The minimum absolute atomic E-state index is 0.204. The predicted molar refractivity (Wildman–Crippen MR) is 150 cm³/mol. The maximum absolute atomic E-state index is 13.2. The second kappa shape index (κ2) is 12.2. The normalized spacial score (nSPS) is 20.1. The Labute approximate surface area is 237 Å². The zero-order valence-corrected chi connectivity index (χ0v) is 23.4. The van der Waals surface area contributed by atoms with Gasteiger partial charge in [-0.15, -0.1) is 11.8 Å². The molecular weight excluding hydrogens is 537 g/mol. The first-order valence-corrected chi connectivity index (χ1v) is 14.7. The zero-order chi connectivity index (χ0) is 28.3. The van der Waals surface area contributed by atoms with E-state index in [2.05, 4.69) is 11.0 Å². The molecule has 3 aromatic carbocycles. The quantitative estimate of drug-likeness (QED) is 0.218. The summed E-state index contributed by atoms with van der Waals surface area (Å²) in [5.41, 5.74) is 3.35. The van der Waals surface area contributed by atoms with Gasteiger partial charge in [0, 0.05) is 35.0 Å². The first kappa shape index (κ1) is 28.5. The van der Waals surface area contributed by atoms with Crippen LogP contribution < -0.4 is 4.74 Å². The van der Waals surface area contributed by atoms with Gasteiger partial charge in [0.15, 0.2) is 6.23 Å². The fraction of sp³-hybridized carbons (Fsp3) is 0.387. The predicted octanol–water partition coefficient (Wildman–Crippen LogP) is 7.37. The van der Waals surface area contributed by atoms with Crippen molar-refractivity contribution in [2.24, 2.45) is 0 Å². The highest BCUT2D eigenvalue weighted by molar-refractivity contribution is 7.98. The molecule has 212 valence electrons. The van der Waals surface area contributed by atoms with Crippen molar-refractivity contribution in [2.75, 3.05) is 32.9 Å². The number of halogens is 3. The number of carbonyl (C=O) groups is 1. The third kappa shape index (κ3) is 6.48. The van der Waals surface area contributed by atoms with Gasteiger partial charge in [-0.05, 0) is 80.7 Å². The van der Waals surface area contributed by atoms with Crippen molar-refractivity contribution in [3.8, 4) is 11.5 Å². The molecule has 2 aliphatic rings. The van der Waals surface area contributed by atoms with E-state index < -0.39 is 18.4 Å². The van der Waals surface area contributed by atoms with E-state index in [4.69, 9.17) is 9.47 Å². The molecule has 0 amide bonds. The lowest BCUT2D eigenvalue weighted by molar-refractivity contribution is -0.213. The number of nitrogens with zero attached hydrogens (tertiary/aromatic N) is 2. The van der Waals surface area contributed by atoms with E-state index in [1.165, 1.54) is 19.3 Å². The summed E-state index contributed by atoms with van der Waals surface area (Å²) >= 11 is 1.64. The number of esters is 1. The van der Waals surface area contributed by atoms with Crippen molar-refractivity contribution >= 4 is 17.7 Å². The average molecular weight is 571 g/mol. The zero-order valence-electron chi connectivity index (χ0n) is 22.6. The SMILES string of the molecule is CSc1ccc(C2CN(C)C(OC(=O)C(F)(F)F)c3cccc(Oc4cccc(CN5CCCCC5)c4)c32)cc1. The van der Waals surface area contributed by atoms with Gasteiger partial charge < -0.3 is 9.47 Å². The standard InChI is InChI=1S/C31H33F3N2O3S/c1-35-20-26(22-12-14-24(40-2)15-13-22)28-25(29(35)39-30(37)31(32,33)34)10-7-11-27(28)38-23-9-6-8-21(18-23)19-36-16-4-3-5-17-36/h6-15,18,26,29H,3-5,16-17,19-20H2,1-2H3. The number of benzene rings is 3. The lowest BCUT2D eigenvalue weighted by Crippen LogP contribution is -2.40. The maximum Gasteiger partial charge on any atom is 0.490 e. The molecule has 2 aliphatic heterocycles. The van der Waals surface area contributed by atoms with Crippen LogP contribution in [-0.2, 0) is 16.1 Å². The molecular formula is C31H33F3N2O3S. The van der Waals surface area contributed by atoms with Crippen LogP contribution in [0.1, 0.15) is 53.7 Å². The smallest absolute Gasteiger partial charge is 0.457 e. The Bertz CT molecular complexity index is 1330. The molecule has 1 fully saturated rings.